The van der Waals surface area contributed by atoms with Gasteiger partial charge in [0.2, 0.25) is 10.0 Å². The van der Waals surface area contributed by atoms with Gasteiger partial charge in [-0.15, -0.1) is 0 Å². The fourth-order valence-corrected chi connectivity index (χ4v) is 4.09. The lowest BCUT2D eigenvalue weighted by molar-refractivity contribution is 0.0474. The quantitative estimate of drug-likeness (QED) is 0.562. The number of benzene rings is 2. The first-order chi connectivity index (χ1) is 12.8. The van der Waals surface area contributed by atoms with Crippen molar-refractivity contribution in [1.29, 1.82) is 0 Å². The maximum atomic E-state index is 12.4. The molecule has 142 valence electrons. The predicted octanol–water partition coefficient (Wildman–Crippen LogP) is 3.09. The van der Waals surface area contributed by atoms with Crippen LogP contribution in [0.1, 0.15) is 32.7 Å². The van der Waals surface area contributed by atoms with Gasteiger partial charge in [0.05, 0.1) is 17.5 Å². The molecule has 0 radical (unpaired) electrons. The molecule has 0 spiro atoms. The first kappa shape index (κ1) is 19.4. The van der Waals surface area contributed by atoms with Crippen LogP contribution in [0.4, 0.5) is 5.69 Å². The lowest BCUT2D eigenvalue weighted by Crippen LogP contribution is -2.34. The third-order valence-electron chi connectivity index (χ3n) is 4.29. The van der Waals surface area contributed by atoms with Crippen molar-refractivity contribution in [2.24, 2.45) is 0 Å². The van der Waals surface area contributed by atoms with E-state index in [0.717, 1.165) is 11.8 Å². The second-order valence-corrected chi connectivity index (χ2v) is 8.63. The Hall–Kier alpha value is -2.38. The number of carbonyl (C=O) groups excluding carboxylic acids is 2. The number of ether oxygens (including phenoxy) is 1. The molecule has 0 atom stereocenters. The molecule has 1 aliphatic heterocycles. The molecule has 0 saturated heterocycles. The first-order valence-electron chi connectivity index (χ1n) is 8.32. The summed E-state index contributed by atoms with van der Waals surface area (Å²) in [6, 6.07) is 11.0. The fourth-order valence-electron chi connectivity index (χ4n) is 2.96. The smallest absolute Gasteiger partial charge is 0.338 e. The van der Waals surface area contributed by atoms with Crippen LogP contribution in [0, 0.1) is 0 Å². The van der Waals surface area contributed by atoms with E-state index in [1.54, 1.807) is 30.3 Å². The van der Waals surface area contributed by atoms with Gasteiger partial charge in [0.1, 0.15) is 0 Å². The highest BCUT2D eigenvalue weighted by atomic mass is 35.5. The second kappa shape index (κ2) is 7.70. The number of fused-ring (bicyclic) bond motifs is 1. The minimum atomic E-state index is -3.36. The summed E-state index contributed by atoms with van der Waals surface area (Å²) in [5.41, 5.74) is 2.08. The summed E-state index contributed by atoms with van der Waals surface area (Å²) in [7, 11) is -3.36. The lowest BCUT2D eigenvalue weighted by Gasteiger charge is -2.29. The lowest BCUT2D eigenvalue weighted by atomic mass is 9.99. The molecular formula is C19H18ClNO5S. The van der Waals surface area contributed by atoms with E-state index in [4.69, 9.17) is 16.3 Å². The third-order valence-corrected chi connectivity index (χ3v) is 5.72. The fraction of sp³-hybridized carbons (Fsp3) is 0.263. The van der Waals surface area contributed by atoms with Crippen molar-refractivity contribution >= 4 is 39.1 Å². The minimum Gasteiger partial charge on any atom is -0.454 e. The maximum Gasteiger partial charge on any atom is 0.338 e. The van der Waals surface area contributed by atoms with Crippen molar-refractivity contribution in [2.45, 2.75) is 12.8 Å². The molecule has 27 heavy (non-hydrogen) atoms. The van der Waals surface area contributed by atoms with Crippen LogP contribution in [0.2, 0.25) is 5.02 Å². The minimum absolute atomic E-state index is 0.307. The van der Waals surface area contributed by atoms with Gasteiger partial charge < -0.3 is 4.74 Å². The van der Waals surface area contributed by atoms with Crippen molar-refractivity contribution in [1.82, 2.24) is 0 Å². The third kappa shape index (κ3) is 4.48. The van der Waals surface area contributed by atoms with Gasteiger partial charge in [0.15, 0.2) is 12.4 Å². The van der Waals surface area contributed by atoms with Gasteiger partial charge in [0.25, 0.3) is 0 Å². The van der Waals surface area contributed by atoms with Crippen molar-refractivity contribution in [3.63, 3.8) is 0 Å². The zero-order valence-electron chi connectivity index (χ0n) is 14.6. The summed E-state index contributed by atoms with van der Waals surface area (Å²) in [6.45, 7) is 0.0356. The summed E-state index contributed by atoms with van der Waals surface area (Å²) < 4.78 is 30.2. The van der Waals surface area contributed by atoms with Crippen LogP contribution in [0.15, 0.2) is 42.5 Å². The Labute approximate surface area is 162 Å². The SMILES string of the molecule is CS(=O)(=O)N1CCCc2cc(C(=O)COC(=O)c3ccc(Cl)cc3)ccc21. The number of anilines is 1. The molecular weight excluding hydrogens is 390 g/mol. The van der Waals surface area contributed by atoms with E-state index in [9.17, 15) is 18.0 Å². The summed E-state index contributed by atoms with van der Waals surface area (Å²) in [5, 5.41) is 0.500. The summed E-state index contributed by atoms with van der Waals surface area (Å²) in [5.74, 6) is -0.960. The second-order valence-electron chi connectivity index (χ2n) is 6.29. The largest absolute Gasteiger partial charge is 0.454 e. The molecule has 8 heteroatoms. The van der Waals surface area contributed by atoms with Crippen LogP contribution in [0.3, 0.4) is 0 Å². The van der Waals surface area contributed by atoms with Gasteiger partial charge in [0, 0.05) is 17.1 Å². The molecule has 0 bridgehead atoms. The number of ketones is 1. The Morgan fingerprint density at radius 3 is 2.44 bits per heavy atom. The number of Topliss-reactive ketones (excluding diaryl/α,β-unsaturated/α-hetero) is 1. The van der Waals surface area contributed by atoms with Gasteiger partial charge in [-0.05, 0) is 60.9 Å². The number of carbonyl (C=O) groups is 2. The van der Waals surface area contributed by atoms with E-state index in [1.165, 1.54) is 16.4 Å². The Morgan fingerprint density at radius 2 is 1.78 bits per heavy atom. The highest BCUT2D eigenvalue weighted by Crippen LogP contribution is 2.30. The van der Waals surface area contributed by atoms with E-state index in [-0.39, 0.29) is 5.78 Å². The van der Waals surface area contributed by atoms with Crippen molar-refractivity contribution in [2.75, 3.05) is 23.7 Å². The number of sulfonamides is 1. The molecule has 0 N–H and O–H groups in total. The van der Waals surface area contributed by atoms with Crippen LogP contribution in [0.25, 0.3) is 0 Å². The number of hydrogen-bond acceptors (Lipinski definition) is 5. The Balaban J connectivity index is 1.71. The van der Waals surface area contributed by atoms with Crippen LogP contribution in [0.5, 0.6) is 0 Å². The Bertz CT molecular complexity index is 986. The number of nitrogens with zero attached hydrogens (tertiary/aromatic N) is 1. The van der Waals surface area contributed by atoms with Gasteiger partial charge in [-0.25, -0.2) is 13.2 Å². The van der Waals surface area contributed by atoms with Crippen molar-refractivity contribution in [3.8, 4) is 0 Å². The standard InChI is InChI=1S/C19H18ClNO5S/c1-27(24,25)21-10-2-3-14-11-15(6-9-17(14)21)18(22)12-26-19(23)13-4-7-16(20)8-5-13/h4-9,11H,2-3,10,12H2,1H3. The van der Waals surface area contributed by atoms with Crippen LogP contribution in [-0.4, -0.2) is 39.6 Å². The average Bonchev–Trinajstić information content (AvgIpc) is 2.64. The molecule has 1 heterocycles. The number of aryl methyl sites for hydroxylation is 1. The van der Waals surface area contributed by atoms with E-state index in [0.29, 0.717) is 41.2 Å². The molecule has 0 amide bonds. The van der Waals surface area contributed by atoms with E-state index in [1.807, 2.05) is 0 Å². The number of rotatable bonds is 5. The molecule has 2 aromatic carbocycles. The highest BCUT2D eigenvalue weighted by molar-refractivity contribution is 7.92. The Morgan fingerprint density at radius 1 is 1.11 bits per heavy atom. The van der Waals surface area contributed by atoms with E-state index >= 15 is 0 Å². The zero-order chi connectivity index (χ0) is 19.6. The number of hydrogen-bond donors (Lipinski definition) is 0. The first-order valence-corrected chi connectivity index (χ1v) is 10.5. The summed E-state index contributed by atoms with van der Waals surface area (Å²) in [6.07, 6.45) is 2.54. The van der Waals surface area contributed by atoms with Gasteiger partial charge >= 0.3 is 5.97 Å². The van der Waals surface area contributed by atoms with Crippen LogP contribution >= 0.6 is 11.6 Å². The molecule has 0 fully saturated rings. The molecule has 0 unspecified atom stereocenters. The molecule has 0 saturated carbocycles. The number of halogens is 1. The van der Waals surface area contributed by atoms with Gasteiger partial charge in [-0.2, -0.15) is 0 Å². The van der Waals surface area contributed by atoms with Crippen molar-refractivity contribution in [3.05, 3.63) is 64.2 Å². The van der Waals surface area contributed by atoms with Crippen molar-refractivity contribution < 1.29 is 22.7 Å². The topological polar surface area (TPSA) is 80.8 Å². The Kier molecular flexibility index (Phi) is 5.53. The van der Waals surface area contributed by atoms with E-state index < -0.39 is 22.6 Å². The summed E-state index contributed by atoms with van der Waals surface area (Å²) >= 11 is 5.77. The molecule has 1 aliphatic rings. The van der Waals surface area contributed by atoms with Crippen LogP contribution in [-0.2, 0) is 21.2 Å². The molecule has 6 nitrogen and oxygen atoms in total. The molecule has 0 aliphatic carbocycles. The summed E-state index contributed by atoms with van der Waals surface area (Å²) in [4.78, 5) is 24.4. The predicted molar refractivity (Wildman–Crippen MR) is 103 cm³/mol. The van der Waals surface area contributed by atoms with E-state index in [2.05, 4.69) is 0 Å². The highest BCUT2D eigenvalue weighted by Gasteiger charge is 2.24. The van der Waals surface area contributed by atoms with Crippen LogP contribution < -0.4 is 4.31 Å². The molecule has 2 aromatic rings. The maximum absolute atomic E-state index is 12.4. The average molecular weight is 408 g/mol. The number of esters is 1. The zero-order valence-corrected chi connectivity index (χ0v) is 16.2. The van der Waals surface area contributed by atoms with Gasteiger partial charge in [-0.3, -0.25) is 9.10 Å². The normalized spacial score (nSPS) is 13.8. The molecule has 3 rings (SSSR count). The van der Waals surface area contributed by atoms with Gasteiger partial charge in [-0.1, -0.05) is 11.6 Å². The monoisotopic (exact) mass is 407 g/mol. The molecule has 0 aromatic heterocycles.